The molecule has 1 aromatic rings. The van der Waals surface area contributed by atoms with Crippen molar-refractivity contribution in [2.24, 2.45) is 10.8 Å². The lowest BCUT2D eigenvalue weighted by molar-refractivity contribution is 0.124. The summed E-state index contributed by atoms with van der Waals surface area (Å²) in [6.45, 7) is 29.9. The summed E-state index contributed by atoms with van der Waals surface area (Å²) in [6, 6.07) is 4.91. The van der Waals surface area contributed by atoms with Gasteiger partial charge in [0.05, 0.1) is 0 Å². The highest BCUT2D eigenvalue weighted by atomic mass is 16.5. The third-order valence-electron chi connectivity index (χ3n) is 5.82. The molecular formula is C27H48O. The SMILES string of the molecule is CCC(c1cc(C(C)(C)CC)cc(CC(C)(C)C)c1OC(C)(C)C)C(C)(C)C. The quantitative estimate of drug-likeness (QED) is 0.473. The minimum absolute atomic E-state index is 0.165. The van der Waals surface area contributed by atoms with E-state index in [-0.39, 0.29) is 21.8 Å². The van der Waals surface area contributed by atoms with Gasteiger partial charge in [0.25, 0.3) is 0 Å². The second-order valence-electron chi connectivity index (χ2n) is 12.6. The fraction of sp³-hybridized carbons (Fsp3) is 0.778. The Morgan fingerprint density at radius 1 is 0.821 bits per heavy atom. The maximum Gasteiger partial charge on any atom is 0.126 e. The van der Waals surface area contributed by atoms with Crippen molar-refractivity contribution in [1.29, 1.82) is 0 Å². The van der Waals surface area contributed by atoms with Gasteiger partial charge in [-0.1, -0.05) is 81.4 Å². The Morgan fingerprint density at radius 2 is 1.36 bits per heavy atom. The lowest BCUT2D eigenvalue weighted by Crippen LogP contribution is -2.28. The van der Waals surface area contributed by atoms with Crippen LogP contribution in [0.2, 0.25) is 0 Å². The Hall–Kier alpha value is -0.980. The van der Waals surface area contributed by atoms with Gasteiger partial charge in [0, 0.05) is 0 Å². The van der Waals surface area contributed by atoms with Crippen molar-refractivity contribution in [3.8, 4) is 5.75 Å². The van der Waals surface area contributed by atoms with E-state index in [0.717, 1.165) is 25.0 Å². The fourth-order valence-electron chi connectivity index (χ4n) is 4.00. The lowest BCUT2D eigenvalue weighted by atomic mass is 9.71. The molecule has 0 bridgehead atoms. The number of hydrogen-bond donors (Lipinski definition) is 0. The maximum absolute atomic E-state index is 6.69. The number of rotatable bonds is 6. The van der Waals surface area contributed by atoms with Crippen molar-refractivity contribution in [2.45, 2.75) is 126 Å². The zero-order chi connectivity index (χ0) is 22.1. The second-order valence-corrected chi connectivity index (χ2v) is 12.6. The van der Waals surface area contributed by atoms with Gasteiger partial charge in [-0.25, -0.2) is 0 Å². The first kappa shape index (κ1) is 25.1. The van der Waals surface area contributed by atoms with Crippen LogP contribution in [0.4, 0.5) is 0 Å². The number of benzene rings is 1. The van der Waals surface area contributed by atoms with Crippen molar-refractivity contribution in [2.75, 3.05) is 0 Å². The molecule has 0 heterocycles. The standard InChI is InChI=1S/C27H48O/c1-14-22(25(6,7)8)21-17-20(27(12,13)15-2)16-19(18-24(3,4)5)23(21)28-26(9,10)11/h16-17,22H,14-15,18H2,1-13H3. The summed E-state index contributed by atoms with van der Waals surface area (Å²) in [5.74, 6) is 1.61. The van der Waals surface area contributed by atoms with E-state index < -0.39 is 0 Å². The Morgan fingerprint density at radius 3 is 1.71 bits per heavy atom. The predicted molar refractivity (Wildman–Crippen MR) is 126 cm³/mol. The van der Waals surface area contributed by atoms with Gasteiger partial charge in [-0.3, -0.25) is 0 Å². The molecule has 0 aliphatic carbocycles. The zero-order valence-corrected chi connectivity index (χ0v) is 21.3. The zero-order valence-electron chi connectivity index (χ0n) is 21.3. The summed E-state index contributed by atoms with van der Waals surface area (Å²) in [4.78, 5) is 0. The molecule has 0 N–H and O–H groups in total. The normalized spacial score (nSPS) is 14.9. The van der Waals surface area contributed by atoms with E-state index in [0.29, 0.717) is 5.92 Å². The molecule has 0 aromatic heterocycles. The van der Waals surface area contributed by atoms with Gasteiger partial charge < -0.3 is 4.74 Å². The van der Waals surface area contributed by atoms with Crippen molar-refractivity contribution in [3.05, 3.63) is 28.8 Å². The van der Waals surface area contributed by atoms with E-state index in [1.807, 2.05) is 0 Å². The first-order valence-corrected chi connectivity index (χ1v) is 11.3. The molecule has 1 unspecified atom stereocenters. The topological polar surface area (TPSA) is 9.23 Å². The van der Waals surface area contributed by atoms with E-state index in [4.69, 9.17) is 4.74 Å². The Bertz CT molecular complexity index is 645. The fourth-order valence-corrected chi connectivity index (χ4v) is 4.00. The summed E-state index contributed by atoms with van der Waals surface area (Å²) in [7, 11) is 0. The van der Waals surface area contributed by atoms with E-state index in [9.17, 15) is 0 Å². The molecule has 1 rings (SSSR count). The van der Waals surface area contributed by atoms with Crippen LogP contribution in [0.1, 0.15) is 125 Å². The molecule has 0 fully saturated rings. The average Bonchev–Trinajstić information content (AvgIpc) is 2.46. The number of ether oxygens (including phenoxy) is 1. The van der Waals surface area contributed by atoms with Crippen LogP contribution >= 0.6 is 0 Å². The highest BCUT2D eigenvalue weighted by Gasteiger charge is 2.33. The smallest absolute Gasteiger partial charge is 0.126 e. The van der Waals surface area contributed by atoms with Gasteiger partial charge in [-0.2, -0.15) is 0 Å². The minimum atomic E-state index is -0.209. The van der Waals surface area contributed by atoms with E-state index >= 15 is 0 Å². The molecule has 0 aliphatic heterocycles. The van der Waals surface area contributed by atoms with Gasteiger partial charge in [-0.15, -0.1) is 0 Å². The number of hydrogen-bond acceptors (Lipinski definition) is 1. The Kier molecular flexibility index (Phi) is 7.52. The maximum atomic E-state index is 6.69. The van der Waals surface area contributed by atoms with Crippen molar-refractivity contribution >= 4 is 0 Å². The molecule has 0 saturated heterocycles. The molecule has 1 aromatic carbocycles. The molecule has 1 atom stereocenters. The van der Waals surface area contributed by atoms with E-state index in [2.05, 4.69) is 102 Å². The van der Waals surface area contributed by atoms with Crippen molar-refractivity contribution in [3.63, 3.8) is 0 Å². The minimum Gasteiger partial charge on any atom is -0.488 e. The summed E-state index contributed by atoms with van der Waals surface area (Å²) >= 11 is 0. The lowest BCUT2D eigenvalue weighted by Gasteiger charge is -2.37. The molecule has 1 nitrogen and oxygen atoms in total. The van der Waals surface area contributed by atoms with Crippen LogP contribution in [0.3, 0.4) is 0 Å². The Labute approximate surface area is 176 Å². The average molecular weight is 389 g/mol. The summed E-state index contributed by atoms with van der Waals surface area (Å²) in [5.41, 5.74) is 4.59. The van der Waals surface area contributed by atoms with Crippen LogP contribution < -0.4 is 4.74 Å². The van der Waals surface area contributed by atoms with Crippen LogP contribution in [0.5, 0.6) is 5.75 Å². The largest absolute Gasteiger partial charge is 0.488 e. The van der Waals surface area contributed by atoms with Crippen LogP contribution in [0, 0.1) is 10.8 Å². The van der Waals surface area contributed by atoms with Crippen LogP contribution in [0.15, 0.2) is 12.1 Å². The van der Waals surface area contributed by atoms with Gasteiger partial charge >= 0.3 is 0 Å². The molecular weight excluding hydrogens is 340 g/mol. The molecule has 28 heavy (non-hydrogen) atoms. The summed E-state index contributed by atoms with van der Waals surface area (Å²) in [6.07, 6.45) is 3.28. The molecule has 0 radical (unpaired) electrons. The van der Waals surface area contributed by atoms with Gasteiger partial charge in [0.15, 0.2) is 0 Å². The van der Waals surface area contributed by atoms with Crippen molar-refractivity contribution < 1.29 is 4.74 Å². The molecule has 0 spiro atoms. The van der Waals surface area contributed by atoms with Gasteiger partial charge in [-0.05, 0) is 78.9 Å². The molecule has 0 saturated carbocycles. The van der Waals surface area contributed by atoms with E-state index in [1.54, 1.807) is 0 Å². The van der Waals surface area contributed by atoms with E-state index in [1.165, 1.54) is 16.7 Å². The Balaban J connectivity index is 3.89. The molecule has 0 aliphatic rings. The molecule has 1 heteroatoms. The first-order valence-electron chi connectivity index (χ1n) is 11.3. The van der Waals surface area contributed by atoms with Gasteiger partial charge in [0.1, 0.15) is 11.4 Å². The van der Waals surface area contributed by atoms with Crippen molar-refractivity contribution in [1.82, 2.24) is 0 Å². The molecule has 162 valence electrons. The monoisotopic (exact) mass is 388 g/mol. The highest BCUT2D eigenvalue weighted by Crippen LogP contribution is 2.47. The summed E-state index contributed by atoms with van der Waals surface area (Å²) < 4.78 is 6.69. The third-order valence-corrected chi connectivity index (χ3v) is 5.82. The van der Waals surface area contributed by atoms with Gasteiger partial charge in [0.2, 0.25) is 0 Å². The second kappa shape index (κ2) is 8.41. The summed E-state index contributed by atoms with van der Waals surface area (Å²) in [5, 5.41) is 0. The van der Waals surface area contributed by atoms with Crippen LogP contribution in [-0.4, -0.2) is 5.60 Å². The van der Waals surface area contributed by atoms with Crippen LogP contribution in [0.25, 0.3) is 0 Å². The highest BCUT2D eigenvalue weighted by molar-refractivity contribution is 5.50. The molecule has 0 amide bonds. The predicted octanol–water partition coefficient (Wildman–Crippen LogP) is 8.68. The third kappa shape index (κ3) is 6.82. The van der Waals surface area contributed by atoms with Crippen LogP contribution in [-0.2, 0) is 11.8 Å². The first-order chi connectivity index (χ1) is 12.4.